The molecule has 1 saturated heterocycles. The molecule has 1 aliphatic heterocycles. The topological polar surface area (TPSA) is 67.4 Å². The molecule has 0 bridgehead atoms. The first-order chi connectivity index (χ1) is 11.9. The van der Waals surface area contributed by atoms with Crippen molar-refractivity contribution in [2.75, 3.05) is 60.2 Å². The molecule has 0 aliphatic carbocycles. The van der Waals surface area contributed by atoms with Gasteiger partial charge in [0.05, 0.1) is 25.4 Å². The van der Waals surface area contributed by atoms with E-state index in [0.717, 1.165) is 45.2 Å². The molecule has 2 N–H and O–H groups in total. The van der Waals surface area contributed by atoms with Crippen LogP contribution in [0.2, 0.25) is 0 Å². The molecule has 0 aromatic carbocycles. The van der Waals surface area contributed by atoms with Crippen LogP contribution in [0.5, 0.6) is 0 Å². The van der Waals surface area contributed by atoms with Crippen LogP contribution in [0.4, 0.5) is 0 Å². The predicted molar refractivity (Wildman–Crippen MR) is 118 cm³/mol. The first-order valence-electron chi connectivity index (χ1n) is 9.30. The van der Waals surface area contributed by atoms with Gasteiger partial charge in [-0.25, -0.2) is 0 Å². The van der Waals surface area contributed by atoms with Gasteiger partial charge < -0.3 is 24.8 Å². The molecule has 8 heteroatoms. The highest BCUT2D eigenvalue weighted by Crippen LogP contribution is 2.20. The molecule has 0 aromatic heterocycles. The molecule has 0 amide bonds. The summed E-state index contributed by atoms with van der Waals surface area (Å²) < 4.78 is 16.2. The zero-order valence-electron chi connectivity index (χ0n) is 17.3. The highest BCUT2D eigenvalue weighted by Gasteiger charge is 2.33. The van der Waals surface area contributed by atoms with Gasteiger partial charge in [-0.2, -0.15) is 0 Å². The van der Waals surface area contributed by atoms with Gasteiger partial charge in [0.2, 0.25) is 0 Å². The number of morpholine rings is 1. The zero-order valence-corrected chi connectivity index (χ0v) is 19.7. The molecule has 1 aliphatic rings. The van der Waals surface area contributed by atoms with Crippen molar-refractivity contribution in [2.24, 2.45) is 4.99 Å². The number of aliphatic imine (C=N–C) groups is 1. The highest BCUT2D eigenvalue weighted by molar-refractivity contribution is 14.0. The van der Waals surface area contributed by atoms with E-state index in [-0.39, 0.29) is 41.7 Å². The van der Waals surface area contributed by atoms with E-state index in [0.29, 0.717) is 13.2 Å². The second-order valence-electron chi connectivity index (χ2n) is 7.29. The second kappa shape index (κ2) is 13.9. The second-order valence-corrected chi connectivity index (χ2v) is 7.29. The molecule has 1 rings (SSSR count). The minimum atomic E-state index is 0. The van der Waals surface area contributed by atoms with Gasteiger partial charge in [-0.15, -0.1) is 24.0 Å². The van der Waals surface area contributed by atoms with Gasteiger partial charge in [0.15, 0.2) is 5.96 Å². The fraction of sp³-hybridized carbons (Fsp3) is 0.944. The van der Waals surface area contributed by atoms with E-state index in [9.17, 15) is 0 Å². The molecule has 2 unspecified atom stereocenters. The van der Waals surface area contributed by atoms with E-state index < -0.39 is 0 Å². The molecule has 26 heavy (non-hydrogen) atoms. The number of nitrogens with one attached hydrogen (secondary N) is 2. The summed E-state index contributed by atoms with van der Waals surface area (Å²) in [5, 5.41) is 6.78. The minimum Gasteiger partial charge on any atom is -0.382 e. The molecule has 2 atom stereocenters. The third-order valence-electron chi connectivity index (χ3n) is 4.38. The molecule has 1 fully saturated rings. The average molecular weight is 486 g/mol. The van der Waals surface area contributed by atoms with Crippen LogP contribution in [-0.2, 0) is 14.2 Å². The molecule has 0 spiro atoms. The number of hydrogen-bond acceptors (Lipinski definition) is 5. The number of halogens is 1. The highest BCUT2D eigenvalue weighted by atomic mass is 127. The van der Waals surface area contributed by atoms with Gasteiger partial charge in [-0.3, -0.25) is 9.89 Å². The van der Waals surface area contributed by atoms with Crippen LogP contribution in [0, 0.1) is 0 Å². The number of nitrogens with zero attached hydrogens (tertiary/aromatic N) is 2. The number of methoxy groups -OCH3 is 1. The maximum absolute atomic E-state index is 5.84. The Morgan fingerprint density at radius 3 is 2.38 bits per heavy atom. The minimum absolute atomic E-state index is 0. The van der Waals surface area contributed by atoms with Crippen LogP contribution < -0.4 is 10.6 Å². The summed E-state index contributed by atoms with van der Waals surface area (Å²) in [5.41, 5.74) is 0.0349. The van der Waals surface area contributed by atoms with Crippen LogP contribution in [0.25, 0.3) is 0 Å². The molecule has 1 heterocycles. The fourth-order valence-corrected chi connectivity index (χ4v) is 2.93. The van der Waals surface area contributed by atoms with Crippen molar-refractivity contribution in [1.29, 1.82) is 0 Å². The van der Waals surface area contributed by atoms with Crippen molar-refractivity contribution in [1.82, 2.24) is 15.5 Å². The summed E-state index contributed by atoms with van der Waals surface area (Å²) in [6, 6.07) is 0. The lowest BCUT2D eigenvalue weighted by Gasteiger charge is -2.45. The molecular weight excluding hydrogens is 447 g/mol. The summed E-state index contributed by atoms with van der Waals surface area (Å²) in [6.45, 7) is 14.4. The van der Waals surface area contributed by atoms with Crippen molar-refractivity contribution in [3.05, 3.63) is 0 Å². The molecule has 0 aromatic rings. The summed E-state index contributed by atoms with van der Waals surface area (Å²) >= 11 is 0. The molecule has 7 nitrogen and oxygen atoms in total. The van der Waals surface area contributed by atoms with Gasteiger partial charge in [-0.1, -0.05) is 0 Å². The molecule has 156 valence electrons. The summed E-state index contributed by atoms with van der Waals surface area (Å²) in [7, 11) is 3.48. The normalized spacial score (nSPS) is 22.0. The fourth-order valence-electron chi connectivity index (χ4n) is 2.93. The van der Waals surface area contributed by atoms with Gasteiger partial charge in [0.25, 0.3) is 0 Å². The Morgan fingerprint density at radius 2 is 1.81 bits per heavy atom. The van der Waals surface area contributed by atoms with E-state index in [4.69, 9.17) is 14.2 Å². The van der Waals surface area contributed by atoms with Crippen LogP contribution in [-0.4, -0.2) is 88.8 Å². The lowest BCUT2D eigenvalue weighted by Crippen LogP contribution is -2.59. The first kappa shape index (κ1) is 25.8. The van der Waals surface area contributed by atoms with Crippen LogP contribution in [0.3, 0.4) is 0 Å². The van der Waals surface area contributed by atoms with Crippen molar-refractivity contribution >= 4 is 29.9 Å². The van der Waals surface area contributed by atoms with Gasteiger partial charge >= 0.3 is 0 Å². The Morgan fingerprint density at radius 1 is 1.15 bits per heavy atom. The van der Waals surface area contributed by atoms with Crippen LogP contribution >= 0.6 is 24.0 Å². The number of hydrogen-bond donors (Lipinski definition) is 2. The molecule has 0 saturated carbocycles. The van der Waals surface area contributed by atoms with Crippen molar-refractivity contribution in [3.63, 3.8) is 0 Å². The third kappa shape index (κ3) is 10.2. The summed E-state index contributed by atoms with van der Waals surface area (Å²) in [6.07, 6.45) is 1.49. The Bertz CT molecular complexity index is 387. The maximum atomic E-state index is 5.84. The van der Waals surface area contributed by atoms with Crippen LogP contribution in [0.15, 0.2) is 4.99 Å². The Kier molecular flexibility index (Phi) is 13.8. The van der Waals surface area contributed by atoms with Crippen molar-refractivity contribution in [3.8, 4) is 0 Å². The number of guanidine groups is 1. The SMILES string of the molecule is CN=C(NCCCOCCOC)NCC(C)(C)N1CC(C)OC(C)C1.I. The van der Waals surface area contributed by atoms with E-state index in [1.807, 2.05) is 0 Å². The van der Waals surface area contributed by atoms with Crippen LogP contribution in [0.1, 0.15) is 34.1 Å². The standard InChI is InChI=1S/C18H38N4O3.HI/c1-15-12-22(13-16(2)25-15)18(3,4)14-21-17(19-5)20-8-7-9-24-11-10-23-6;/h15-16H,7-14H2,1-6H3,(H2,19,20,21);1H. The summed E-state index contributed by atoms with van der Waals surface area (Å²) in [4.78, 5) is 6.80. The molecule has 0 radical (unpaired) electrons. The Hall–Kier alpha value is -0.160. The smallest absolute Gasteiger partial charge is 0.191 e. The average Bonchev–Trinajstić information content (AvgIpc) is 2.56. The monoisotopic (exact) mass is 486 g/mol. The summed E-state index contributed by atoms with van der Waals surface area (Å²) in [5.74, 6) is 0.833. The Labute approximate surface area is 176 Å². The van der Waals surface area contributed by atoms with E-state index in [1.165, 1.54) is 0 Å². The van der Waals surface area contributed by atoms with E-state index in [2.05, 4.69) is 48.2 Å². The van der Waals surface area contributed by atoms with E-state index in [1.54, 1.807) is 14.2 Å². The van der Waals surface area contributed by atoms with Crippen molar-refractivity contribution in [2.45, 2.75) is 51.9 Å². The lowest BCUT2D eigenvalue weighted by atomic mass is 10.00. The maximum Gasteiger partial charge on any atom is 0.191 e. The van der Waals surface area contributed by atoms with Crippen molar-refractivity contribution < 1.29 is 14.2 Å². The zero-order chi connectivity index (χ0) is 18.7. The third-order valence-corrected chi connectivity index (χ3v) is 4.38. The predicted octanol–water partition coefficient (Wildman–Crippen LogP) is 1.71. The Balaban J connectivity index is 0.00000625. The largest absolute Gasteiger partial charge is 0.382 e. The number of ether oxygens (including phenoxy) is 3. The van der Waals surface area contributed by atoms with Gasteiger partial charge in [0, 0.05) is 52.5 Å². The lowest BCUT2D eigenvalue weighted by molar-refractivity contribution is -0.0946. The number of rotatable bonds is 10. The van der Waals surface area contributed by atoms with Gasteiger partial charge in [-0.05, 0) is 34.1 Å². The van der Waals surface area contributed by atoms with Gasteiger partial charge in [0.1, 0.15) is 0 Å². The van der Waals surface area contributed by atoms with E-state index >= 15 is 0 Å². The first-order valence-corrected chi connectivity index (χ1v) is 9.30. The quantitative estimate of drug-likeness (QED) is 0.212. The molecular formula is C18H39IN4O3.